The van der Waals surface area contributed by atoms with Crippen LogP contribution in [0.25, 0.3) is 43.6 Å². The molecule has 7 nitrogen and oxygen atoms in total. The summed E-state index contributed by atoms with van der Waals surface area (Å²) in [5, 5.41) is 0.966. The quantitative estimate of drug-likeness (QED) is 0.319. The van der Waals surface area contributed by atoms with Crippen molar-refractivity contribution in [3.05, 3.63) is 80.1 Å². The van der Waals surface area contributed by atoms with Crippen LogP contribution in [0.15, 0.2) is 58.1 Å². The molecule has 30 heavy (non-hydrogen) atoms. The van der Waals surface area contributed by atoms with Gasteiger partial charge in [0.15, 0.2) is 10.9 Å². The Morgan fingerprint density at radius 1 is 0.833 bits per heavy atom. The first-order chi connectivity index (χ1) is 14.2. The third-order valence-corrected chi connectivity index (χ3v) is 6.31. The van der Waals surface area contributed by atoms with Crippen LogP contribution < -0.4 is 10.9 Å². The van der Waals surface area contributed by atoms with Crippen LogP contribution in [0, 0.1) is 13.8 Å². The first-order valence-electron chi connectivity index (χ1n) is 9.19. The monoisotopic (exact) mass is 420 g/mol. The molecule has 8 heteroatoms. The van der Waals surface area contributed by atoms with Crippen molar-refractivity contribution in [2.24, 2.45) is 0 Å². The topological polar surface area (TPSA) is 109 Å². The van der Waals surface area contributed by atoms with Gasteiger partial charge >= 0.3 is 10.3 Å². The number of aromatic nitrogens is 2. The zero-order chi connectivity index (χ0) is 21.4. The molecule has 5 rings (SSSR count). The Bertz CT molecular complexity index is 1780. The molecule has 0 aliphatic heterocycles. The number of benzene rings is 3. The highest BCUT2D eigenvalue weighted by atomic mass is 32.2. The molecule has 0 atom stereocenters. The molecule has 0 bridgehead atoms. The fraction of sp³-hybridized carbons (Fsp3) is 0.0909. The minimum atomic E-state index is -4.75. The van der Waals surface area contributed by atoms with Crippen LogP contribution in [0.2, 0.25) is 0 Å². The largest absolute Gasteiger partial charge is 0.364 e. The summed E-state index contributed by atoms with van der Waals surface area (Å²) in [6, 6.07) is 12.9. The predicted molar refractivity (Wildman–Crippen MR) is 118 cm³/mol. The Labute approximate surface area is 170 Å². The lowest BCUT2D eigenvalue weighted by Gasteiger charge is -2.14. The van der Waals surface area contributed by atoms with E-state index in [0.29, 0.717) is 20.4 Å². The highest BCUT2D eigenvalue weighted by molar-refractivity contribution is 7.84. The summed E-state index contributed by atoms with van der Waals surface area (Å²) in [5.41, 5.74) is 1.93. The van der Waals surface area contributed by atoms with Gasteiger partial charge in [-0.3, -0.25) is 14.1 Å². The number of pyridine rings is 2. The minimum absolute atomic E-state index is 0.0494. The van der Waals surface area contributed by atoms with E-state index in [4.69, 9.17) is 0 Å². The van der Waals surface area contributed by atoms with Gasteiger partial charge < -0.3 is 4.98 Å². The number of nitrogens with one attached hydrogen (secondary N) is 1. The van der Waals surface area contributed by atoms with Gasteiger partial charge in [-0.1, -0.05) is 23.8 Å². The van der Waals surface area contributed by atoms with Crippen LogP contribution in [0.5, 0.6) is 0 Å². The lowest BCUT2D eigenvalue weighted by molar-refractivity contribution is 0.476. The van der Waals surface area contributed by atoms with Crippen molar-refractivity contribution in [2.45, 2.75) is 13.8 Å². The summed E-state index contributed by atoms with van der Waals surface area (Å²) in [6.07, 6.45) is 0. The van der Waals surface area contributed by atoms with Crippen LogP contribution in [-0.4, -0.2) is 21.9 Å². The Kier molecular flexibility index (Phi) is 3.71. The number of nitrogens with zero attached hydrogens (tertiary/aromatic N) is 1. The molecule has 0 fully saturated rings. The SMILES string of the molecule is Cc1ccc2c(c1)c(=O)c1cc3[nH]c4cccc(C)c4c(=O)c3cc1n2S(=O)(=O)O. The van der Waals surface area contributed by atoms with E-state index in [0.717, 1.165) is 11.1 Å². The first-order valence-corrected chi connectivity index (χ1v) is 10.6. The number of aromatic amines is 1. The molecule has 3 aromatic carbocycles. The molecule has 0 unspecified atom stereocenters. The Morgan fingerprint density at radius 3 is 2.30 bits per heavy atom. The van der Waals surface area contributed by atoms with E-state index in [1.807, 2.05) is 19.1 Å². The Morgan fingerprint density at radius 2 is 1.57 bits per heavy atom. The lowest BCUT2D eigenvalue weighted by Crippen LogP contribution is -2.19. The number of hydrogen-bond donors (Lipinski definition) is 2. The Hall–Kier alpha value is -3.49. The van der Waals surface area contributed by atoms with Gasteiger partial charge in [-0.05, 0) is 49.7 Å². The summed E-state index contributed by atoms with van der Waals surface area (Å²) >= 11 is 0. The van der Waals surface area contributed by atoms with Crippen LogP contribution in [-0.2, 0) is 10.3 Å². The van der Waals surface area contributed by atoms with Crippen LogP contribution >= 0.6 is 0 Å². The van der Waals surface area contributed by atoms with Crippen LogP contribution in [0.3, 0.4) is 0 Å². The van der Waals surface area contributed by atoms with Gasteiger partial charge in [-0.2, -0.15) is 8.42 Å². The third-order valence-electron chi connectivity index (χ3n) is 5.46. The fourth-order valence-electron chi connectivity index (χ4n) is 4.11. The maximum absolute atomic E-state index is 13.2. The molecular formula is C22H16N2O5S. The number of aryl methyl sites for hydroxylation is 2. The van der Waals surface area contributed by atoms with Crippen molar-refractivity contribution in [3.8, 4) is 0 Å². The van der Waals surface area contributed by atoms with E-state index in [2.05, 4.69) is 4.98 Å². The maximum atomic E-state index is 13.2. The molecule has 0 radical (unpaired) electrons. The highest BCUT2D eigenvalue weighted by Gasteiger charge is 2.20. The predicted octanol–water partition coefficient (Wildman–Crippen LogP) is 3.42. The number of H-pyrrole nitrogens is 1. The normalized spacial score (nSPS) is 12.4. The molecule has 0 amide bonds. The second kappa shape index (κ2) is 6.01. The number of rotatable bonds is 1. The summed E-state index contributed by atoms with van der Waals surface area (Å²) in [5.74, 6) is 0. The van der Waals surface area contributed by atoms with Gasteiger partial charge in [-0.15, -0.1) is 0 Å². The van der Waals surface area contributed by atoms with Gasteiger partial charge in [0.2, 0.25) is 0 Å². The maximum Gasteiger partial charge on any atom is 0.364 e. The van der Waals surface area contributed by atoms with Gasteiger partial charge in [0.1, 0.15) is 0 Å². The lowest BCUT2D eigenvalue weighted by atomic mass is 10.0. The fourth-order valence-corrected chi connectivity index (χ4v) is 4.92. The first kappa shape index (κ1) is 18.5. The van der Waals surface area contributed by atoms with E-state index >= 15 is 0 Å². The summed E-state index contributed by atoms with van der Waals surface area (Å²) in [4.78, 5) is 29.5. The molecule has 150 valence electrons. The zero-order valence-electron chi connectivity index (χ0n) is 16.1. The number of fused-ring (bicyclic) bond motifs is 4. The smallest absolute Gasteiger partial charge is 0.354 e. The van der Waals surface area contributed by atoms with Crippen molar-refractivity contribution in [2.75, 3.05) is 0 Å². The van der Waals surface area contributed by atoms with Crippen LogP contribution in [0.4, 0.5) is 0 Å². The van der Waals surface area contributed by atoms with E-state index in [9.17, 15) is 22.6 Å². The van der Waals surface area contributed by atoms with E-state index < -0.39 is 10.3 Å². The summed E-state index contributed by atoms with van der Waals surface area (Å²) in [6.45, 7) is 3.60. The van der Waals surface area contributed by atoms with Gasteiger partial charge in [0.25, 0.3) is 0 Å². The minimum Gasteiger partial charge on any atom is -0.354 e. The highest BCUT2D eigenvalue weighted by Crippen LogP contribution is 2.26. The second-order valence-corrected chi connectivity index (χ2v) is 8.72. The molecule has 2 aromatic heterocycles. The molecule has 0 aliphatic carbocycles. The molecule has 5 aromatic rings. The molecule has 0 saturated heterocycles. The third kappa shape index (κ3) is 2.51. The van der Waals surface area contributed by atoms with E-state index in [1.165, 1.54) is 18.2 Å². The van der Waals surface area contributed by atoms with E-state index in [1.54, 1.807) is 25.1 Å². The van der Waals surface area contributed by atoms with Gasteiger partial charge in [0.05, 0.1) is 22.1 Å². The van der Waals surface area contributed by atoms with Crippen molar-refractivity contribution in [1.82, 2.24) is 8.96 Å². The second-order valence-electron chi connectivity index (χ2n) is 7.46. The molecular weight excluding hydrogens is 404 g/mol. The molecule has 0 saturated carbocycles. The summed E-state index contributed by atoms with van der Waals surface area (Å²) in [7, 11) is -4.75. The average molecular weight is 420 g/mol. The van der Waals surface area contributed by atoms with Crippen molar-refractivity contribution < 1.29 is 13.0 Å². The molecule has 2 heterocycles. The van der Waals surface area contributed by atoms with E-state index in [-0.39, 0.29) is 38.0 Å². The zero-order valence-corrected chi connectivity index (χ0v) is 16.9. The van der Waals surface area contributed by atoms with Crippen molar-refractivity contribution >= 4 is 53.9 Å². The van der Waals surface area contributed by atoms with Gasteiger partial charge in [0, 0.05) is 21.5 Å². The van der Waals surface area contributed by atoms with Crippen LogP contribution in [0.1, 0.15) is 11.1 Å². The molecule has 0 spiro atoms. The molecule has 0 aliphatic rings. The van der Waals surface area contributed by atoms with Crippen molar-refractivity contribution in [3.63, 3.8) is 0 Å². The summed E-state index contributed by atoms with van der Waals surface area (Å²) < 4.78 is 35.2. The number of hydrogen-bond acceptors (Lipinski definition) is 4. The van der Waals surface area contributed by atoms with Gasteiger partial charge in [-0.25, -0.2) is 3.97 Å². The Balaban J connectivity index is 2.13. The average Bonchev–Trinajstić information content (AvgIpc) is 2.67. The molecule has 2 N–H and O–H groups in total. The standard InChI is InChI=1S/C22H16N2O5S/c1-11-6-7-18-14(8-11)21(25)15-9-17-13(10-19(15)24(18)30(27,28)29)22(26)20-12(2)4-3-5-16(20)23-17/h3-10H,1-2H3,(H,23,26)(H,27,28,29). The van der Waals surface area contributed by atoms with Crippen molar-refractivity contribution in [1.29, 1.82) is 0 Å².